The van der Waals surface area contributed by atoms with Gasteiger partial charge in [-0.3, -0.25) is 4.79 Å². The summed E-state index contributed by atoms with van der Waals surface area (Å²) < 4.78 is 0. The Morgan fingerprint density at radius 3 is 2.42 bits per heavy atom. The van der Waals surface area contributed by atoms with E-state index in [0.717, 1.165) is 11.3 Å². The molecule has 0 bridgehead atoms. The normalized spacial score (nSPS) is 13.4. The largest absolute Gasteiger partial charge is 0.349 e. The molecule has 2 aromatic carbocycles. The van der Waals surface area contributed by atoms with Crippen molar-refractivity contribution in [3.63, 3.8) is 0 Å². The molecule has 0 saturated heterocycles. The monoisotopic (exact) mass is 361 g/mol. The molecule has 2 rings (SSSR count). The molecule has 0 aliphatic carbocycles. The summed E-state index contributed by atoms with van der Waals surface area (Å²) in [7, 11) is 0. The van der Waals surface area contributed by atoms with Crippen molar-refractivity contribution in [1.82, 2.24) is 5.32 Å². The quantitative estimate of drug-likeness (QED) is 0.668. The Labute approximate surface area is 154 Å². The number of amides is 1. The van der Waals surface area contributed by atoms with Crippen molar-refractivity contribution >= 4 is 29.3 Å². The van der Waals surface area contributed by atoms with Gasteiger partial charge in [-0.25, -0.2) is 0 Å². The first-order chi connectivity index (χ1) is 11.4. The summed E-state index contributed by atoms with van der Waals surface area (Å²) in [5.74, 6) is 0.0740. The van der Waals surface area contributed by atoms with Crippen LogP contribution in [0.3, 0.4) is 0 Å². The van der Waals surface area contributed by atoms with Gasteiger partial charge < -0.3 is 5.32 Å². The topological polar surface area (TPSA) is 29.1 Å². The van der Waals surface area contributed by atoms with E-state index in [0.29, 0.717) is 5.02 Å². The van der Waals surface area contributed by atoms with Crippen LogP contribution in [-0.4, -0.2) is 11.2 Å². The highest BCUT2D eigenvalue weighted by Gasteiger charge is 2.20. The minimum absolute atomic E-state index is 0.00188. The Hall–Kier alpha value is -1.45. The van der Waals surface area contributed by atoms with Crippen LogP contribution in [0, 0.1) is 13.8 Å². The predicted octanol–water partition coefficient (Wildman–Crippen LogP) is 5.70. The molecule has 0 fully saturated rings. The number of carbonyl (C=O) groups excluding carboxylic acids is 1. The van der Waals surface area contributed by atoms with E-state index in [1.807, 2.05) is 38.1 Å². The first kappa shape index (κ1) is 18.9. The van der Waals surface area contributed by atoms with E-state index in [-0.39, 0.29) is 17.2 Å². The average molecular weight is 362 g/mol. The Kier molecular flexibility index (Phi) is 6.76. The summed E-state index contributed by atoms with van der Waals surface area (Å²) in [5, 5.41) is 3.75. The zero-order chi connectivity index (χ0) is 17.7. The molecule has 1 amide bonds. The van der Waals surface area contributed by atoms with Crippen LogP contribution in [0.5, 0.6) is 0 Å². The van der Waals surface area contributed by atoms with Crippen LogP contribution >= 0.6 is 23.4 Å². The van der Waals surface area contributed by atoms with Gasteiger partial charge in [-0.2, -0.15) is 0 Å². The maximum atomic E-state index is 12.6. The van der Waals surface area contributed by atoms with Gasteiger partial charge in [-0.1, -0.05) is 42.3 Å². The third kappa shape index (κ3) is 5.02. The van der Waals surface area contributed by atoms with E-state index in [9.17, 15) is 4.79 Å². The molecule has 0 unspecified atom stereocenters. The van der Waals surface area contributed by atoms with E-state index in [4.69, 9.17) is 11.6 Å². The van der Waals surface area contributed by atoms with E-state index < -0.39 is 0 Å². The lowest BCUT2D eigenvalue weighted by molar-refractivity contribution is -0.121. The fraction of sp³-hybridized carbons (Fsp3) is 0.350. The average Bonchev–Trinajstić information content (AvgIpc) is 2.54. The molecular weight excluding hydrogens is 338 g/mol. The number of hydrogen-bond acceptors (Lipinski definition) is 2. The fourth-order valence-electron chi connectivity index (χ4n) is 2.70. The molecule has 128 valence electrons. The number of thioether (sulfide) groups is 1. The minimum Gasteiger partial charge on any atom is -0.349 e. The van der Waals surface area contributed by atoms with Gasteiger partial charge >= 0.3 is 0 Å². The molecule has 2 aromatic rings. The summed E-state index contributed by atoms with van der Waals surface area (Å²) in [6.07, 6.45) is 0.777. The molecule has 2 atom stereocenters. The van der Waals surface area contributed by atoms with Crippen molar-refractivity contribution in [3.8, 4) is 0 Å². The summed E-state index contributed by atoms with van der Waals surface area (Å²) in [6.45, 7) is 8.24. The Balaban J connectivity index is 2.04. The van der Waals surface area contributed by atoms with E-state index >= 15 is 0 Å². The highest BCUT2D eigenvalue weighted by Crippen LogP contribution is 2.28. The zero-order valence-electron chi connectivity index (χ0n) is 14.6. The maximum Gasteiger partial charge on any atom is 0.233 e. The van der Waals surface area contributed by atoms with Crippen molar-refractivity contribution in [2.75, 3.05) is 0 Å². The summed E-state index contributed by atoms with van der Waals surface area (Å²) >= 11 is 7.50. The van der Waals surface area contributed by atoms with Crippen LogP contribution in [0.1, 0.15) is 43.0 Å². The second-order valence-corrected chi connectivity index (χ2v) is 7.77. The number of benzene rings is 2. The van der Waals surface area contributed by atoms with E-state index in [1.54, 1.807) is 11.8 Å². The van der Waals surface area contributed by atoms with Crippen LogP contribution in [0.4, 0.5) is 0 Å². The third-order valence-electron chi connectivity index (χ3n) is 4.01. The van der Waals surface area contributed by atoms with Gasteiger partial charge in [0.25, 0.3) is 0 Å². The molecule has 0 aliphatic heterocycles. The van der Waals surface area contributed by atoms with Gasteiger partial charge in [0.1, 0.15) is 0 Å². The van der Waals surface area contributed by atoms with Gasteiger partial charge in [0.05, 0.1) is 11.3 Å². The van der Waals surface area contributed by atoms with Crippen molar-refractivity contribution < 1.29 is 4.79 Å². The maximum absolute atomic E-state index is 12.6. The number of aryl methyl sites for hydroxylation is 2. The molecule has 0 spiro atoms. The molecule has 0 radical (unpaired) electrons. The van der Waals surface area contributed by atoms with E-state index in [1.165, 1.54) is 16.7 Å². The molecule has 0 heterocycles. The first-order valence-electron chi connectivity index (χ1n) is 8.20. The first-order valence-corrected chi connectivity index (χ1v) is 9.46. The van der Waals surface area contributed by atoms with Crippen molar-refractivity contribution in [2.45, 2.75) is 50.3 Å². The van der Waals surface area contributed by atoms with Gasteiger partial charge in [0.15, 0.2) is 0 Å². The van der Waals surface area contributed by atoms with Gasteiger partial charge in [0.2, 0.25) is 5.91 Å². The molecule has 0 aromatic heterocycles. The lowest BCUT2D eigenvalue weighted by Gasteiger charge is -2.21. The SMILES string of the molecule is CC[C@@H](Sc1ccc(Cl)cc1)C(=O)N[C@@H](C)c1ccc(C)cc1C. The van der Waals surface area contributed by atoms with Crippen molar-refractivity contribution in [3.05, 3.63) is 64.2 Å². The molecule has 4 heteroatoms. The third-order valence-corrected chi connectivity index (χ3v) is 5.63. The highest BCUT2D eigenvalue weighted by atomic mass is 35.5. The lowest BCUT2D eigenvalue weighted by atomic mass is 10.00. The number of carbonyl (C=O) groups is 1. The van der Waals surface area contributed by atoms with Crippen molar-refractivity contribution in [1.29, 1.82) is 0 Å². The van der Waals surface area contributed by atoms with E-state index in [2.05, 4.69) is 37.4 Å². The van der Waals surface area contributed by atoms with Crippen LogP contribution in [0.15, 0.2) is 47.4 Å². The predicted molar refractivity (Wildman–Crippen MR) is 104 cm³/mol. The van der Waals surface area contributed by atoms with Gasteiger partial charge in [0, 0.05) is 9.92 Å². The smallest absolute Gasteiger partial charge is 0.233 e. The zero-order valence-corrected chi connectivity index (χ0v) is 16.2. The summed E-state index contributed by atoms with van der Waals surface area (Å²) in [4.78, 5) is 13.7. The Bertz CT molecular complexity index is 699. The van der Waals surface area contributed by atoms with Crippen LogP contribution < -0.4 is 5.32 Å². The number of rotatable bonds is 6. The number of nitrogens with one attached hydrogen (secondary N) is 1. The van der Waals surface area contributed by atoms with Gasteiger partial charge in [-0.05, 0) is 62.6 Å². The summed E-state index contributed by atoms with van der Waals surface area (Å²) in [5.41, 5.74) is 3.61. The van der Waals surface area contributed by atoms with Crippen LogP contribution in [0.2, 0.25) is 5.02 Å². The molecule has 0 saturated carbocycles. The number of hydrogen-bond donors (Lipinski definition) is 1. The molecular formula is C20H24ClNOS. The minimum atomic E-state index is -0.112. The van der Waals surface area contributed by atoms with Crippen LogP contribution in [0.25, 0.3) is 0 Å². The number of halogens is 1. The molecule has 24 heavy (non-hydrogen) atoms. The lowest BCUT2D eigenvalue weighted by Crippen LogP contribution is -2.34. The van der Waals surface area contributed by atoms with Crippen molar-refractivity contribution in [2.24, 2.45) is 0 Å². The molecule has 1 N–H and O–H groups in total. The Morgan fingerprint density at radius 2 is 1.83 bits per heavy atom. The molecule has 0 aliphatic rings. The van der Waals surface area contributed by atoms with Crippen LogP contribution in [-0.2, 0) is 4.79 Å². The fourth-order valence-corrected chi connectivity index (χ4v) is 3.78. The molecule has 2 nitrogen and oxygen atoms in total. The second-order valence-electron chi connectivity index (χ2n) is 6.06. The summed E-state index contributed by atoms with van der Waals surface area (Å²) in [6, 6.07) is 14.0. The second kappa shape index (κ2) is 8.59. The standard InChI is InChI=1S/C20H24ClNOS/c1-5-19(24-17-9-7-16(21)8-10-17)20(23)22-15(4)18-11-6-13(2)12-14(18)3/h6-12,15,19H,5H2,1-4H3,(H,22,23)/t15-,19+/m0/s1. The van der Waals surface area contributed by atoms with Gasteiger partial charge in [-0.15, -0.1) is 11.8 Å². The Morgan fingerprint density at radius 1 is 1.17 bits per heavy atom. The highest BCUT2D eigenvalue weighted by molar-refractivity contribution is 8.00.